The average molecular weight is 289 g/mol. The molecule has 5 heteroatoms. The number of hydrogen-bond donors (Lipinski definition) is 1. The van der Waals surface area contributed by atoms with E-state index in [0.717, 1.165) is 24.3 Å². The standard InChI is InChI=1S/C16H23N3O2/c1-3-17-13(15-11-20-8-9-21-15)10-16-18-12-6-4-5-7-14(12)19(16)2/h4-7,13,15,17H,3,8-11H2,1-2H3. The minimum absolute atomic E-state index is 0.0958. The molecule has 1 saturated heterocycles. The lowest BCUT2D eigenvalue weighted by Crippen LogP contribution is -2.48. The maximum Gasteiger partial charge on any atom is 0.111 e. The molecule has 114 valence electrons. The van der Waals surface area contributed by atoms with Gasteiger partial charge in [0.05, 0.1) is 37.0 Å². The van der Waals surface area contributed by atoms with Crippen molar-refractivity contribution in [2.45, 2.75) is 25.5 Å². The van der Waals surface area contributed by atoms with E-state index in [1.165, 1.54) is 5.52 Å². The van der Waals surface area contributed by atoms with Crippen LogP contribution in [0.1, 0.15) is 12.7 Å². The summed E-state index contributed by atoms with van der Waals surface area (Å²) < 4.78 is 13.6. The molecule has 0 amide bonds. The summed E-state index contributed by atoms with van der Waals surface area (Å²) in [7, 11) is 2.08. The molecule has 21 heavy (non-hydrogen) atoms. The van der Waals surface area contributed by atoms with E-state index in [4.69, 9.17) is 14.5 Å². The maximum absolute atomic E-state index is 5.85. The Kier molecular flexibility index (Phi) is 4.53. The Balaban J connectivity index is 1.81. The van der Waals surface area contributed by atoms with Gasteiger partial charge in [0.15, 0.2) is 0 Å². The highest BCUT2D eigenvalue weighted by atomic mass is 16.6. The summed E-state index contributed by atoms with van der Waals surface area (Å²) in [4.78, 5) is 4.76. The first-order valence-corrected chi connectivity index (χ1v) is 7.62. The molecule has 2 heterocycles. The molecular formula is C16H23N3O2. The van der Waals surface area contributed by atoms with Gasteiger partial charge in [-0.05, 0) is 18.7 Å². The molecule has 1 aromatic carbocycles. The largest absolute Gasteiger partial charge is 0.376 e. The first kappa shape index (κ1) is 14.5. The molecular weight excluding hydrogens is 266 g/mol. The van der Waals surface area contributed by atoms with Crippen molar-refractivity contribution in [3.63, 3.8) is 0 Å². The molecule has 3 rings (SSSR count). The van der Waals surface area contributed by atoms with Gasteiger partial charge in [-0.15, -0.1) is 0 Å². The molecule has 0 spiro atoms. The van der Waals surface area contributed by atoms with Gasteiger partial charge in [0.25, 0.3) is 0 Å². The fourth-order valence-electron chi connectivity index (χ4n) is 2.91. The van der Waals surface area contributed by atoms with Crippen molar-refractivity contribution < 1.29 is 9.47 Å². The molecule has 0 bridgehead atoms. The van der Waals surface area contributed by atoms with Crippen LogP contribution in [0.25, 0.3) is 11.0 Å². The zero-order chi connectivity index (χ0) is 14.7. The lowest BCUT2D eigenvalue weighted by atomic mass is 10.1. The molecule has 0 radical (unpaired) electrons. The molecule has 5 nitrogen and oxygen atoms in total. The van der Waals surface area contributed by atoms with Crippen LogP contribution >= 0.6 is 0 Å². The van der Waals surface area contributed by atoms with Crippen LogP contribution < -0.4 is 5.32 Å². The smallest absolute Gasteiger partial charge is 0.111 e. The number of imidazole rings is 1. The van der Waals surface area contributed by atoms with Crippen molar-refractivity contribution in [3.05, 3.63) is 30.1 Å². The Hall–Kier alpha value is -1.43. The van der Waals surface area contributed by atoms with E-state index < -0.39 is 0 Å². The van der Waals surface area contributed by atoms with E-state index in [0.29, 0.717) is 19.8 Å². The lowest BCUT2D eigenvalue weighted by molar-refractivity contribution is -0.101. The highest BCUT2D eigenvalue weighted by molar-refractivity contribution is 5.75. The molecule has 1 aliphatic rings. The van der Waals surface area contributed by atoms with Gasteiger partial charge in [-0.3, -0.25) is 0 Å². The molecule has 0 aliphatic carbocycles. The van der Waals surface area contributed by atoms with Crippen molar-refractivity contribution in [2.75, 3.05) is 26.4 Å². The molecule has 1 fully saturated rings. The van der Waals surface area contributed by atoms with Crippen LogP contribution in [0.5, 0.6) is 0 Å². The van der Waals surface area contributed by atoms with E-state index in [-0.39, 0.29) is 12.1 Å². The molecule has 0 saturated carbocycles. The zero-order valence-corrected chi connectivity index (χ0v) is 12.7. The summed E-state index contributed by atoms with van der Waals surface area (Å²) >= 11 is 0. The van der Waals surface area contributed by atoms with Crippen molar-refractivity contribution in [3.8, 4) is 0 Å². The van der Waals surface area contributed by atoms with Crippen LogP contribution in [-0.4, -0.2) is 48.1 Å². The van der Waals surface area contributed by atoms with Gasteiger partial charge in [-0.2, -0.15) is 0 Å². The molecule has 2 atom stereocenters. The number of aryl methyl sites for hydroxylation is 1. The first-order valence-electron chi connectivity index (χ1n) is 7.62. The van der Waals surface area contributed by atoms with Crippen molar-refractivity contribution in [1.29, 1.82) is 0 Å². The van der Waals surface area contributed by atoms with Gasteiger partial charge < -0.3 is 19.4 Å². The van der Waals surface area contributed by atoms with Gasteiger partial charge in [-0.1, -0.05) is 19.1 Å². The van der Waals surface area contributed by atoms with Gasteiger partial charge >= 0.3 is 0 Å². The Bertz CT molecular complexity index is 590. The number of nitrogens with zero attached hydrogens (tertiary/aromatic N) is 2. The summed E-state index contributed by atoms with van der Waals surface area (Å²) in [6.45, 7) is 5.05. The molecule has 2 unspecified atom stereocenters. The van der Waals surface area contributed by atoms with Crippen LogP contribution in [0.15, 0.2) is 24.3 Å². The molecule has 1 aliphatic heterocycles. The van der Waals surface area contributed by atoms with E-state index in [9.17, 15) is 0 Å². The summed E-state index contributed by atoms with van der Waals surface area (Å²) in [5.41, 5.74) is 2.22. The van der Waals surface area contributed by atoms with Crippen molar-refractivity contribution >= 4 is 11.0 Å². The summed E-state index contributed by atoms with van der Waals surface area (Å²) in [5.74, 6) is 1.08. The number of rotatable bonds is 5. The minimum atomic E-state index is 0.0958. The number of likely N-dealkylation sites (N-methyl/N-ethyl adjacent to an activating group) is 1. The second-order valence-electron chi connectivity index (χ2n) is 5.43. The molecule has 2 aromatic rings. The van der Waals surface area contributed by atoms with Crippen LogP contribution in [0.3, 0.4) is 0 Å². The Morgan fingerprint density at radius 2 is 2.24 bits per heavy atom. The van der Waals surface area contributed by atoms with Crippen LogP contribution in [-0.2, 0) is 22.9 Å². The predicted octanol–water partition coefficient (Wildman–Crippen LogP) is 1.51. The van der Waals surface area contributed by atoms with Gasteiger partial charge in [0.1, 0.15) is 5.82 Å². The summed E-state index contributed by atoms with van der Waals surface area (Å²) in [5, 5.41) is 3.51. The number of ether oxygens (including phenoxy) is 2. The van der Waals surface area contributed by atoms with Crippen LogP contribution in [0.2, 0.25) is 0 Å². The lowest BCUT2D eigenvalue weighted by Gasteiger charge is -2.30. The average Bonchev–Trinajstić information content (AvgIpc) is 2.84. The maximum atomic E-state index is 5.85. The first-order chi connectivity index (χ1) is 10.3. The third-order valence-electron chi connectivity index (χ3n) is 4.04. The fraction of sp³-hybridized carbons (Fsp3) is 0.562. The third kappa shape index (κ3) is 3.10. The number of hydrogen-bond acceptors (Lipinski definition) is 4. The quantitative estimate of drug-likeness (QED) is 0.906. The normalized spacial score (nSPS) is 20.8. The van der Waals surface area contributed by atoms with E-state index in [1.54, 1.807) is 0 Å². The van der Waals surface area contributed by atoms with Crippen LogP contribution in [0.4, 0.5) is 0 Å². The molecule has 1 aromatic heterocycles. The van der Waals surface area contributed by atoms with Crippen molar-refractivity contribution in [2.24, 2.45) is 7.05 Å². The fourth-order valence-corrected chi connectivity index (χ4v) is 2.91. The zero-order valence-electron chi connectivity index (χ0n) is 12.7. The summed E-state index contributed by atoms with van der Waals surface area (Å²) in [6.07, 6.45) is 0.936. The number of fused-ring (bicyclic) bond motifs is 1. The van der Waals surface area contributed by atoms with E-state index in [1.807, 2.05) is 12.1 Å². The minimum Gasteiger partial charge on any atom is -0.376 e. The van der Waals surface area contributed by atoms with Crippen LogP contribution in [0, 0.1) is 0 Å². The number of aromatic nitrogens is 2. The second-order valence-corrected chi connectivity index (χ2v) is 5.43. The number of nitrogens with one attached hydrogen (secondary N) is 1. The third-order valence-corrected chi connectivity index (χ3v) is 4.04. The van der Waals surface area contributed by atoms with E-state index in [2.05, 4.69) is 36.0 Å². The predicted molar refractivity (Wildman–Crippen MR) is 82.4 cm³/mol. The van der Waals surface area contributed by atoms with Crippen molar-refractivity contribution in [1.82, 2.24) is 14.9 Å². The molecule has 1 N–H and O–H groups in total. The summed E-state index contributed by atoms with van der Waals surface area (Å²) in [6, 6.07) is 8.47. The number of para-hydroxylation sites is 2. The highest BCUT2D eigenvalue weighted by Gasteiger charge is 2.26. The number of benzene rings is 1. The Morgan fingerprint density at radius 3 is 2.95 bits per heavy atom. The van der Waals surface area contributed by atoms with Gasteiger partial charge in [-0.25, -0.2) is 4.98 Å². The second kappa shape index (κ2) is 6.56. The Morgan fingerprint density at radius 1 is 1.38 bits per heavy atom. The Labute approximate surface area is 125 Å². The van der Waals surface area contributed by atoms with E-state index >= 15 is 0 Å². The van der Waals surface area contributed by atoms with Gasteiger partial charge in [0.2, 0.25) is 0 Å². The SMILES string of the molecule is CCNC(Cc1nc2ccccc2n1C)C1COCCO1. The monoisotopic (exact) mass is 289 g/mol. The van der Waals surface area contributed by atoms with Gasteiger partial charge in [0, 0.05) is 19.5 Å². The highest BCUT2D eigenvalue weighted by Crippen LogP contribution is 2.17. The topological polar surface area (TPSA) is 48.3 Å².